The van der Waals surface area contributed by atoms with Crippen LogP contribution in [0.15, 0.2) is 52.4 Å². The number of thiophene rings is 1. The number of hydrogen-bond donors (Lipinski definition) is 1. The van der Waals surface area contributed by atoms with Crippen LogP contribution in [0.4, 0.5) is 0 Å². The molecule has 100 valence electrons. The predicted molar refractivity (Wildman–Crippen MR) is 84.9 cm³/mol. The number of fused-ring (bicyclic) bond motifs is 1. The van der Waals surface area contributed by atoms with Gasteiger partial charge in [-0.05, 0) is 52.3 Å². The summed E-state index contributed by atoms with van der Waals surface area (Å²) in [6.45, 7) is 0.542. The lowest BCUT2D eigenvalue weighted by Crippen LogP contribution is -2.22. The Bertz CT molecular complexity index is 769. The fourth-order valence-corrected chi connectivity index (χ4v) is 3.36. The Morgan fingerprint density at radius 3 is 2.95 bits per heavy atom. The molecule has 0 saturated carbocycles. The molecule has 3 rings (SSSR count). The highest BCUT2D eigenvalue weighted by Crippen LogP contribution is 2.22. The Balaban J connectivity index is 1.75. The molecule has 0 spiro atoms. The van der Waals surface area contributed by atoms with Gasteiger partial charge in [0.2, 0.25) is 0 Å². The van der Waals surface area contributed by atoms with Gasteiger partial charge in [-0.1, -0.05) is 6.07 Å². The van der Waals surface area contributed by atoms with E-state index in [2.05, 4.69) is 26.2 Å². The van der Waals surface area contributed by atoms with Crippen molar-refractivity contribution in [1.82, 2.24) is 10.3 Å². The molecule has 0 saturated heterocycles. The average molecular weight is 347 g/mol. The Hall–Kier alpha value is -1.72. The third-order valence-corrected chi connectivity index (χ3v) is 4.54. The summed E-state index contributed by atoms with van der Waals surface area (Å²) in [5.41, 5.74) is 1.55. The van der Waals surface area contributed by atoms with Crippen LogP contribution in [-0.2, 0) is 6.54 Å². The zero-order chi connectivity index (χ0) is 13.9. The zero-order valence-electron chi connectivity index (χ0n) is 10.5. The van der Waals surface area contributed by atoms with Gasteiger partial charge in [0.15, 0.2) is 0 Å². The van der Waals surface area contributed by atoms with Crippen molar-refractivity contribution < 1.29 is 4.79 Å². The van der Waals surface area contributed by atoms with Gasteiger partial charge >= 0.3 is 0 Å². The van der Waals surface area contributed by atoms with Crippen molar-refractivity contribution in [3.63, 3.8) is 0 Å². The van der Waals surface area contributed by atoms with Crippen molar-refractivity contribution in [2.75, 3.05) is 0 Å². The average Bonchev–Trinajstić information content (AvgIpc) is 2.90. The second-order valence-electron chi connectivity index (χ2n) is 4.30. The minimum absolute atomic E-state index is 0.0692. The number of nitrogens with zero attached hydrogens (tertiary/aromatic N) is 1. The number of benzene rings is 1. The molecular formula is C15H11BrN2OS. The fourth-order valence-electron chi connectivity index (χ4n) is 1.93. The highest BCUT2D eigenvalue weighted by molar-refractivity contribution is 9.11. The smallest absolute Gasteiger partial charge is 0.251 e. The van der Waals surface area contributed by atoms with E-state index in [4.69, 9.17) is 0 Å². The van der Waals surface area contributed by atoms with Crippen LogP contribution in [0.1, 0.15) is 15.2 Å². The first-order valence-corrected chi connectivity index (χ1v) is 7.70. The topological polar surface area (TPSA) is 42.0 Å². The van der Waals surface area contributed by atoms with Gasteiger partial charge in [0.1, 0.15) is 0 Å². The summed E-state index contributed by atoms with van der Waals surface area (Å²) >= 11 is 5.03. The summed E-state index contributed by atoms with van der Waals surface area (Å²) in [5, 5.41) is 3.89. The standard InChI is InChI=1S/C15H11BrN2OS/c16-14-6-4-12(20-14)9-18-15(19)11-3-5-13-10(8-11)2-1-7-17-13/h1-8H,9H2,(H,18,19). The molecule has 0 aliphatic carbocycles. The summed E-state index contributed by atoms with van der Waals surface area (Å²) in [6, 6.07) is 13.3. The lowest BCUT2D eigenvalue weighted by molar-refractivity contribution is 0.0951. The van der Waals surface area contributed by atoms with E-state index in [1.165, 1.54) is 0 Å². The van der Waals surface area contributed by atoms with Gasteiger partial charge in [0, 0.05) is 22.0 Å². The molecule has 2 heterocycles. The highest BCUT2D eigenvalue weighted by Gasteiger charge is 2.07. The molecule has 0 unspecified atom stereocenters. The number of hydrogen-bond acceptors (Lipinski definition) is 3. The Morgan fingerprint density at radius 2 is 2.15 bits per heavy atom. The van der Waals surface area contributed by atoms with Crippen LogP contribution < -0.4 is 5.32 Å². The molecule has 1 N–H and O–H groups in total. The summed E-state index contributed by atoms with van der Waals surface area (Å²) < 4.78 is 1.07. The maximum atomic E-state index is 12.1. The van der Waals surface area contributed by atoms with E-state index in [-0.39, 0.29) is 5.91 Å². The number of rotatable bonds is 3. The minimum atomic E-state index is -0.0692. The molecule has 0 fully saturated rings. The minimum Gasteiger partial charge on any atom is -0.347 e. The van der Waals surface area contributed by atoms with Crippen molar-refractivity contribution in [1.29, 1.82) is 0 Å². The molecule has 20 heavy (non-hydrogen) atoms. The quantitative estimate of drug-likeness (QED) is 0.778. The van der Waals surface area contributed by atoms with Crippen LogP contribution in [-0.4, -0.2) is 10.9 Å². The molecular weight excluding hydrogens is 336 g/mol. The first kappa shape index (κ1) is 13.3. The van der Waals surface area contributed by atoms with Gasteiger partial charge in [-0.15, -0.1) is 11.3 Å². The van der Waals surface area contributed by atoms with Crippen LogP contribution in [0, 0.1) is 0 Å². The molecule has 0 radical (unpaired) electrons. The van der Waals surface area contributed by atoms with E-state index in [1.807, 2.05) is 36.4 Å². The Labute approximate surface area is 128 Å². The van der Waals surface area contributed by atoms with Gasteiger partial charge < -0.3 is 5.32 Å². The van der Waals surface area contributed by atoms with Gasteiger partial charge in [-0.3, -0.25) is 9.78 Å². The van der Waals surface area contributed by atoms with Gasteiger partial charge in [-0.25, -0.2) is 0 Å². The number of carbonyl (C=O) groups excluding carboxylic acids is 1. The van der Waals surface area contributed by atoms with Crippen LogP contribution in [0.25, 0.3) is 10.9 Å². The second-order valence-corrected chi connectivity index (χ2v) is 6.85. The van der Waals surface area contributed by atoms with Gasteiger partial charge in [0.25, 0.3) is 5.91 Å². The molecule has 3 aromatic rings. The Morgan fingerprint density at radius 1 is 1.25 bits per heavy atom. The van der Waals surface area contributed by atoms with E-state index < -0.39 is 0 Å². The lowest BCUT2D eigenvalue weighted by atomic mass is 10.1. The van der Waals surface area contributed by atoms with Crippen molar-refractivity contribution in [2.45, 2.75) is 6.54 Å². The number of amides is 1. The molecule has 0 atom stereocenters. The normalized spacial score (nSPS) is 10.7. The SMILES string of the molecule is O=C(NCc1ccc(Br)s1)c1ccc2ncccc2c1. The third kappa shape index (κ3) is 2.89. The number of pyridine rings is 1. The Kier molecular flexibility index (Phi) is 3.80. The summed E-state index contributed by atoms with van der Waals surface area (Å²) in [6.07, 6.45) is 1.75. The zero-order valence-corrected chi connectivity index (χ0v) is 12.9. The predicted octanol–water partition coefficient (Wildman–Crippen LogP) is 3.99. The molecule has 5 heteroatoms. The van der Waals surface area contributed by atoms with Crippen LogP contribution in [0.3, 0.4) is 0 Å². The molecule has 0 bridgehead atoms. The second kappa shape index (κ2) is 5.73. The van der Waals surface area contributed by atoms with E-state index >= 15 is 0 Å². The largest absolute Gasteiger partial charge is 0.347 e. The number of nitrogens with one attached hydrogen (secondary N) is 1. The van der Waals surface area contributed by atoms with Crippen LogP contribution >= 0.6 is 27.3 Å². The van der Waals surface area contributed by atoms with E-state index in [0.717, 1.165) is 19.6 Å². The molecule has 0 aliphatic heterocycles. The van der Waals surface area contributed by atoms with E-state index in [1.54, 1.807) is 23.6 Å². The molecule has 1 amide bonds. The van der Waals surface area contributed by atoms with Gasteiger partial charge in [0.05, 0.1) is 15.8 Å². The third-order valence-electron chi connectivity index (χ3n) is 2.92. The summed E-state index contributed by atoms with van der Waals surface area (Å²) in [5.74, 6) is -0.0692. The lowest BCUT2D eigenvalue weighted by Gasteiger charge is -2.05. The molecule has 1 aromatic carbocycles. The van der Waals surface area contributed by atoms with Crippen molar-refractivity contribution in [2.24, 2.45) is 0 Å². The van der Waals surface area contributed by atoms with Gasteiger partial charge in [-0.2, -0.15) is 0 Å². The fraction of sp³-hybridized carbons (Fsp3) is 0.0667. The van der Waals surface area contributed by atoms with Crippen LogP contribution in [0.2, 0.25) is 0 Å². The molecule has 2 aromatic heterocycles. The van der Waals surface area contributed by atoms with Crippen molar-refractivity contribution in [3.05, 3.63) is 62.9 Å². The maximum Gasteiger partial charge on any atom is 0.251 e. The van der Waals surface area contributed by atoms with Crippen molar-refractivity contribution >= 4 is 44.1 Å². The van der Waals surface area contributed by atoms with E-state index in [9.17, 15) is 4.79 Å². The van der Waals surface area contributed by atoms with Crippen molar-refractivity contribution in [3.8, 4) is 0 Å². The number of halogens is 1. The molecule has 3 nitrogen and oxygen atoms in total. The summed E-state index contributed by atoms with van der Waals surface area (Å²) in [7, 11) is 0. The van der Waals surface area contributed by atoms with Crippen LogP contribution in [0.5, 0.6) is 0 Å². The number of aromatic nitrogens is 1. The number of carbonyl (C=O) groups is 1. The monoisotopic (exact) mass is 346 g/mol. The molecule has 0 aliphatic rings. The first-order valence-electron chi connectivity index (χ1n) is 6.09. The highest BCUT2D eigenvalue weighted by atomic mass is 79.9. The maximum absolute atomic E-state index is 12.1. The summed E-state index contributed by atoms with van der Waals surface area (Å²) in [4.78, 5) is 17.5. The first-order chi connectivity index (χ1) is 9.72. The van der Waals surface area contributed by atoms with E-state index in [0.29, 0.717) is 12.1 Å².